The highest BCUT2D eigenvalue weighted by atomic mass is 16.6. The Morgan fingerprint density at radius 1 is 1.13 bits per heavy atom. The Balaban J connectivity index is 1.72. The summed E-state index contributed by atoms with van der Waals surface area (Å²) in [5.41, 5.74) is 0.603. The predicted octanol–water partition coefficient (Wildman–Crippen LogP) is 0.948. The number of methoxy groups -OCH3 is 1. The number of benzene rings is 2. The first-order valence-corrected chi connectivity index (χ1v) is 12.2. The van der Waals surface area contributed by atoms with Crippen LogP contribution >= 0.6 is 0 Å². The molecule has 1 unspecified atom stereocenters. The third-order valence-electron chi connectivity index (χ3n) is 6.53. The van der Waals surface area contributed by atoms with Crippen molar-refractivity contribution in [3.05, 3.63) is 72.8 Å². The standard InChI is InChI=1S/C28H34N2O8/c1-4-14-28(27(36)37-3)15-21(32)23(30-17(2)31)25(38-28)24(34)22(33)16-29-26(35)20-12-10-19(11-13-20)18-8-6-5-7-9-18/h4-13,21-25,32-34H,1,14-16H2,2-3H3,(H,29,35)(H,30,31)/t21-,22-,23-,24-,25?,28-/m1/s1. The zero-order valence-corrected chi connectivity index (χ0v) is 21.4. The first-order valence-electron chi connectivity index (χ1n) is 12.2. The number of esters is 1. The minimum Gasteiger partial charge on any atom is -0.467 e. The Kier molecular flexibility index (Phi) is 9.76. The van der Waals surface area contributed by atoms with Crippen LogP contribution in [-0.2, 0) is 19.1 Å². The Morgan fingerprint density at radius 3 is 2.34 bits per heavy atom. The van der Waals surface area contributed by atoms with Crippen molar-refractivity contribution in [1.29, 1.82) is 0 Å². The van der Waals surface area contributed by atoms with Crippen LogP contribution in [0.4, 0.5) is 0 Å². The van der Waals surface area contributed by atoms with E-state index in [4.69, 9.17) is 9.47 Å². The van der Waals surface area contributed by atoms with Crippen LogP contribution < -0.4 is 10.6 Å². The van der Waals surface area contributed by atoms with Gasteiger partial charge < -0.3 is 35.4 Å². The lowest BCUT2D eigenvalue weighted by molar-refractivity contribution is -0.228. The van der Waals surface area contributed by atoms with Crippen LogP contribution in [0.5, 0.6) is 0 Å². The van der Waals surface area contributed by atoms with E-state index in [1.165, 1.54) is 13.0 Å². The maximum absolute atomic E-state index is 12.7. The molecule has 2 amide bonds. The van der Waals surface area contributed by atoms with Crippen molar-refractivity contribution < 1.29 is 39.2 Å². The molecule has 0 radical (unpaired) electrons. The third kappa shape index (κ3) is 6.65. The van der Waals surface area contributed by atoms with Gasteiger partial charge in [0.15, 0.2) is 5.60 Å². The van der Waals surface area contributed by atoms with Gasteiger partial charge in [-0.3, -0.25) is 9.59 Å². The molecule has 0 bridgehead atoms. The van der Waals surface area contributed by atoms with E-state index >= 15 is 0 Å². The normalized spacial score (nSPS) is 24.5. The van der Waals surface area contributed by atoms with Gasteiger partial charge in [0.2, 0.25) is 5.91 Å². The van der Waals surface area contributed by atoms with Crippen molar-refractivity contribution in [2.24, 2.45) is 0 Å². The van der Waals surface area contributed by atoms with Gasteiger partial charge in [0, 0.05) is 31.9 Å². The maximum Gasteiger partial charge on any atom is 0.338 e. The molecule has 1 aliphatic heterocycles. The monoisotopic (exact) mass is 526 g/mol. The van der Waals surface area contributed by atoms with Gasteiger partial charge in [-0.25, -0.2) is 4.79 Å². The van der Waals surface area contributed by atoms with Gasteiger partial charge in [-0.15, -0.1) is 6.58 Å². The van der Waals surface area contributed by atoms with Crippen molar-refractivity contribution in [3.8, 4) is 11.1 Å². The summed E-state index contributed by atoms with van der Waals surface area (Å²) in [7, 11) is 1.16. The molecule has 0 aliphatic carbocycles. The summed E-state index contributed by atoms with van der Waals surface area (Å²) >= 11 is 0. The van der Waals surface area contributed by atoms with Crippen molar-refractivity contribution in [1.82, 2.24) is 10.6 Å². The number of hydrogen-bond donors (Lipinski definition) is 5. The second kappa shape index (κ2) is 12.8. The van der Waals surface area contributed by atoms with Gasteiger partial charge in [0.05, 0.1) is 25.4 Å². The molecule has 10 nitrogen and oxygen atoms in total. The molecule has 10 heteroatoms. The number of rotatable bonds is 10. The van der Waals surface area contributed by atoms with Crippen LogP contribution in [0.2, 0.25) is 0 Å². The number of hydrogen-bond acceptors (Lipinski definition) is 8. The average Bonchev–Trinajstić information content (AvgIpc) is 2.92. The number of carbonyl (C=O) groups is 3. The van der Waals surface area contributed by atoms with Gasteiger partial charge >= 0.3 is 5.97 Å². The summed E-state index contributed by atoms with van der Waals surface area (Å²) in [5, 5.41) is 37.6. The zero-order valence-electron chi connectivity index (χ0n) is 21.4. The van der Waals surface area contributed by atoms with E-state index < -0.39 is 53.8 Å². The molecule has 5 N–H and O–H groups in total. The number of amides is 2. The predicted molar refractivity (Wildman–Crippen MR) is 139 cm³/mol. The van der Waals surface area contributed by atoms with Crippen LogP contribution in [0.15, 0.2) is 67.3 Å². The van der Waals surface area contributed by atoms with Crippen molar-refractivity contribution in [3.63, 3.8) is 0 Å². The Bertz CT molecular complexity index is 1120. The molecular weight excluding hydrogens is 492 g/mol. The summed E-state index contributed by atoms with van der Waals surface area (Å²) in [6.07, 6.45) is -4.84. The first kappa shape index (κ1) is 29.0. The Morgan fingerprint density at radius 2 is 1.76 bits per heavy atom. The molecule has 0 saturated carbocycles. The Hall–Kier alpha value is -3.57. The lowest BCUT2D eigenvalue weighted by atomic mass is 9.81. The van der Waals surface area contributed by atoms with Gasteiger partial charge in [-0.2, -0.15) is 0 Å². The van der Waals surface area contributed by atoms with Crippen molar-refractivity contribution in [2.75, 3.05) is 13.7 Å². The van der Waals surface area contributed by atoms with Gasteiger partial charge in [-0.05, 0) is 23.3 Å². The van der Waals surface area contributed by atoms with E-state index in [1.807, 2.05) is 30.3 Å². The molecular formula is C28H34N2O8. The fourth-order valence-corrected chi connectivity index (χ4v) is 4.61. The van der Waals surface area contributed by atoms with Crippen LogP contribution in [0, 0.1) is 0 Å². The molecule has 38 heavy (non-hydrogen) atoms. The van der Waals surface area contributed by atoms with E-state index in [0.29, 0.717) is 5.56 Å². The average molecular weight is 527 g/mol. The maximum atomic E-state index is 12.7. The second-order valence-electron chi connectivity index (χ2n) is 9.27. The number of ether oxygens (including phenoxy) is 2. The molecule has 1 aliphatic rings. The van der Waals surface area contributed by atoms with Gasteiger partial charge in [0.25, 0.3) is 5.91 Å². The van der Waals surface area contributed by atoms with E-state index in [9.17, 15) is 29.7 Å². The van der Waals surface area contributed by atoms with Gasteiger partial charge in [-0.1, -0.05) is 48.5 Å². The lowest BCUT2D eigenvalue weighted by Gasteiger charge is -2.47. The van der Waals surface area contributed by atoms with Crippen LogP contribution in [0.1, 0.15) is 30.1 Å². The molecule has 1 fully saturated rings. The highest BCUT2D eigenvalue weighted by molar-refractivity contribution is 5.94. The van der Waals surface area contributed by atoms with Crippen LogP contribution in [-0.4, -0.2) is 82.8 Å². The van der Waals surface area contributed by atoms with Crippen molar-refractivity contribution in [2.45, 2.75) is 55.8 Å². The number of carbonyl (C=O) groups excluding carboxylic acids is 3. The molecule has 3 rings (SSSR count). The summed E-state index contributed by atoms with van der Waals surface area (Å²) in [5.74, 6) is -1.78. The summed E-state index contributed by atoms with van der Waals surface area (Å²) < 4.78 is 10.8. The smallest absolute Gasteiger partial charge is 0.338 e. The van der Waals surface area contributed by atoms with E-state index in [1.54, 1.807) is 24.3 Å². The van der Waals surface area contributed by atoms with Gasteiger partial charge in [0.1, 0.15) is 12.2 Å². The van der Waals surface area contributed by atoms with Crippen LogP contribution in [0.3, 0.4) is 0 Å². The molecule has 0 spiro atoms. The van der Waals surface area contributed by atoms with Crippen LogP contribution in [0.25, 0.3) is 11.1 Å². The quantitative estimate of drug-likeness (QED) is 0.226. The number of nitrogens with one attached hydrogen (secondary N) is 2. The summed E-state index contributed by atoms with van der Waals surface area (Å²) in [4.78, 5) is 37.0. The second-order valence-corrected chi connectivity index (χ2v) is 9.27. The minimum absolute atomic E-state index is 0.0431. The van der Waals surface area contributed by atoms with E-state index in [-0.39, 0.29) is 19.4 Å². The van der Waals surface area contributed by atoms with Crippen molar-refractivity contribution >= 4 is 17.8 Å². The Labute approximate surface area is 221 Å². The fourth-order valence-electron chi connectivity index (χ4n) is 4.61. The molecule has 204 valence electrons. The SMILES string of the molecule is C=CC[C@]1(C(=O)OC)C[C@@H](O)[C@@H](NC(C)=O)C([C@H](O)[C@H](O)CNC(=O)c2ccc(-c3ccccc3)cc2)O1. The lowest BCUT2D eigenvalue weighted by Crippen LogP contribution is -2.67. The van der Waals surface area contributed by atoms with E-state index in [2.05, 4.69) is 17.2 Å². The first-order chi connectivity index (χ1) is 18.1. The largest absolute Gasteiger partial charge is 0.467 e. The highest BCUT2D eigenvalue weighted by Gasteiger charge is 2.54. The van der Waals surface area contributed by atoms with E-state index in [0.717, 1.165) is 18.2 Å². The number of aliphatic hydroxyl groups excluding tert-OH is 3. The molecule has 6 atom stereocenters. The molecule has 1 heterocycles. The molecule has 0 aromatic heterocycles. The minimum atomic E-state index is -1.70. The topological polar surface area (TPSA) is 154 Å². The summed E-state index contributed by atoms with van der Waals surface area (Å²) in [6, 6.07) is 15.4. The summed E-state index contributed by atoms with van der Waals surface area (Å²) in [6.45, 7) is 4.47. The highest BCUT2D eigenvalue weighted by Crippen LogP contribution is 2.35. The molecule has 1 saturated heterocycles. The third-order valence-corrected chi connectivity index (χ3v) is 6.53. The molecule has 2 aromatic rings. The zero-order chi connectivity index (χ0) is 27.9. The molecule has 2 aromatic carbocycles. The fraction of sp³-hybridized carbons (Fsp3) is 0.393. The number of aliphatic hydroxyl groups is 3.